The minimum atomic E-state index is -0.284. The van der Waals surface area contributed by atoms with Crippen molar-refractivity contribution in [3.05, 3.63) is 130 Å². The maximum atomic E-state index is 6.13. The zero-order chi connectivity index (χ0) is 27.4. The van der Waals surface area contributed by atoms with Gasteiger partial charge in [-0.15, -0.1) is 0 Å². The van der Waals surface area contributed by atoms with Crippen molar-refractivity contribution in [2.24, 2.45) is 9.98 Å². The summed E-state index contributed by atoms with van der Waals surface area (Å²) >= 11 is 3.57. The van der Waals surface area contributed by atoms with E-state index in [1.54, 1.807) is 0 Å². The molecule has 0 aromatic heterocycles. The summed E-state index contributed by atoms with van der Waals surface area (Å²) in [5.74, 6) is 0.608. The van der Waals surface area contributed by atoms with E-state index in [-0.39, 0.29) is 6.17 Å². The van der Waals surface area contributed by atoms with Crippen LogP contribution in [0.2, 0.25) is 0 Å². The zero-order valence-corrected chi connectivity index (χ0v) is 23.8. The molecule has 1 atom stereocenters. The Hall–Kier alpha value is -3.74. The quantitative estimate of drug-likeness (QED) is 0.143. The van der Waals surface area contributed by atoms with Crippen LogP contribution in [0.3, 0.4) is 0 Å². The summed E-state index contributed by atoms with van der Waals surface area (Å²) in [6.45, 7) is 5.43. The largest absolute Gasteiger partial charge is 0.377 e. The van der Waals surface area contributed by atoms with Gasteiger partial charge in [-0.3, -0.25) is 4.90 Å². The Balaban J connectivity index is 1.52. The first kappa shape index (κ1) is 26.9. The van der Waals surface area contributed by atoms with Crippen molar-refractivity contribution in [3.63, 3.8) is 0 Å². The first-order valence-electron chi connectivity index (χ1n) is 12.9. The van der Waals surface area contributed by atoms with E-state index in [2.05, 4.69) is 131 Å². The van der Waals surface area contributed by atoms with Crippen molar-refractivity contribution in [1.29, 1.82) is 0 Å². The molecule has 1 aliphatic rings. The minimum Gasteiger partial charge on any atom is -0.377 e. The fourth-order valence-corrected chi connectivity index (χ4v) is 5.42. The van der Waals surface area contributed by atoms with E-state index in [4.69, 9.17) is 12.8 Å². The summed E-state index contributed by atoms with van der Waals surface area (Å²) < 4.78 is 0.958. The second-order valence-corrected chi connectivity index (χ2v) is 10.8. The molecule has 0 aliphatic carbocycles. The Morgan fingerprint density at radius 2 is 1.79 bits per heavy atom. The van der Waals surface area contributed by atoms with Crippen LogP contribution < -0.4 is 5.46 Å². The SMILES string of the molecule is [B]c1cc(Br)cc(CN(C)C(N=C(N=C)c2ccc3ccccc3c2)c2ccc(C3=CCN(C)C=C3)cc2)c1. The van der Waals surface area contributed by atoms with Gasteiger partial charge in [-0.2, -0.15) is 0 Å². The van der Waals surface area contributed by atoms with Gasteiger partial charge in [0.05, 0.1) is 0 Å². The maximum absolute atomic E-state index is 6.13. The van der Waals surface area contributed by atoms with E-state index in [1.165, 1.54) is 16.5 Å². The molecule has 0 bridgehead atoms. The number of halogens is 1. The number of hydrogen-bond donors (Lipinski definition) is 0. The Morgan fingerprint density at radius 1 is 1.03 bits per heavy atom. The number of fused-ring (bicyclic) bond motifs is 1. The number of nitrogens with zero attached hydrogens (tertiary/aromatic N) is 4. The van der Waals surface area contributed by atoms with E-state index < -0.39 is 0 Å². The molecule has 0 saturated heterocycles. The normalized spacial score (nSPS) is 14.5. The van der Waals surface area contributed by atoms with Crippen LogP contribution in [0.4, 0.5) is 0 Å². The molecule has 5 rings (SSSR count). The van der Waals surface area contributed by atoms with Crippen LogP contribution in [-0.2, 0) is 6.54 Å². The highest BCUT2D eigenvalue weighted by atomic mass is 79.9. The summed E-state index contributed by atoms with van der Waals surface area (Å²) in [7, 11) is 10.3. The highest BCUT2D eigenvalue weighted by molar-refractivity contribution is 9.10. The predicted octanol–water partition coefficient (Wildman–Crippen LogP) is 6.52. The summed E-state index contributed by atoms with van der Waals surface area (Å²) in [5, 5.41) is 2.32. The summed E-state index contributed by atoms with van der Waals surface area (Å²) in [4.78, 5) is 13.9. The van der Waals surface area contributed by atoms with Gasteiger partial charge < -0.3 is 4.90 Å². The Morgan fingerprint density at radius 3 is 2.49 bits per heavy atom. The molecule has 6 heteroatoms. The number of benzene rings is 4. The molecule has 0 amide bonds. The summed E-state index contributed by atoms with van der Waals surface area (Å²) in [6, 6.07) is 29.2. The Labute approximate surface area is 240 Å². The smallest absolute Gasteiger partial charge is 0.155 e. The molecule has 4 nitrogen and oxygen atoms in total. The van der Waals surface area contributed by atoms with E-state index in [0.717, 1.165) is 38.6 Å². The van der Waals surface area contributed by atoms with Crippen LogP contribution in [0.15, 0.2) is 118 Å². The Kier molecular flexibility index (Phi) is 8.25. The van der Waals surface area contributed by atoms with E-state index >= 15 is 0 Å². The molecule has 2 radical (unpaired) electrons. The lowest BCUT2D eigenvalue weighted by atomic mass is 9.94. The van der Waals surface area contributed by atoms with Crippen LogP contribution in [0.1, 0.15) is 28.4 Å². The summed E-state index contributed by atoms with van der Waals surface area (Å²) in [6.07, 6.45) is 6.22. The standard InChI is InChI=1S/C33H30BBrN4/c1-36-32(29-13-10-24-6-4-5-7-28(24)20-29)37-33(39(3)22-23-18-30(34)21-31(35)19-23)27-11-8-25(9-12-27)26-14-16-38(2)17-15-26/h4-16,18-21,33H,1,17,22H2,2-3H3. The van der Waals surface area contributed by atoms with E-state index in [9.17, 15) is 0 Å². The number of amidine groups is 1. The molecule has 0 fully saturated rings. The third-order valence-corrected chi connectivity index (χ3v) is 7.34. The van der Waals surface area contributed by atoms with Crippen molar-refractivity contribution in [3.8, 4) is 0 Å². The number of likely N-dealkylation sites (N-methyl/N-ethyl adjacent to an activating group) is 1. The number of allylic oxidation sites excluding steroid dienone is 2. The van der Waals surface area contributed by atoms with Gasteiger partial charge >= 0.3 is 0 Å². The van der Waals surface area contributed by atoms with Crippen molar-refractivity contribution < 1.29 is 0 Å². The predicted molar refractivity (Wildman–Crippen MR) is 170 cm³/mol. The molecule has 1 heterocycles. The van der Waals surface area contributed by atoms with E-state index in [1.807, 2.05) is 24.3 Å². The van der Waals surface area contributed by atoms with Gasteiger partial charge in [-0.05, 0) is 71.2 Å². The fourth-order valence-electron chi connectivity index (χ4n) is 4.86. The van der Waals surface area contributed by atoms with Gasteiger partial charge in [-0.25, -0.2) is 9.98 Å². The molecule has 1 unspecified atom stereocenters. The summed E-state index contributed by atoms with van der Waals surface area (Å²) in [5.41, 5.74) is 6.24. The zero-order valence-electron chi connectivity index (χ0n) is 22.3. The first-order valence-corrected chi connectivity index (χ1v) is 13.7. The third-order valence-electron chi connectivity index (χ3n) is 6.88. The van der Waals surface area contributed by atoms with Gasteiger partial charge in [0.2, 0.25) is 0 Å². The lowest BCUT2D eigenvalue weighted by Gasteiger charge is -2.26. The van der Waals surface area contributed by atoms with Gasteiger partial charge in [0.15, 0.2) is 5.84 Å². The van der Waals surface area contributed by atoms with Crippen LogP contribution >= 0.6 is 15.9 Å². The molecule has 1 aliphatic heterocycles. The van der Waals surface area contributed by atoms with Crippen molar-refractivity contribution in [2.75, 3.05) is 20.6 Å². The average molecular weight is 573 g/mol. The first-order chi connectivity index (χ1) is 18.9. The van der Waals surface area contributed by atoms with Crippen LogP contribution in [0.25, 0.3) is 16.3 Å². The van der Waals surface area contributed by atoms with Crippen molar-refractivity contribution >= 4 is 58.1 Å². The average Bonchev–Trinajstić information content (AvgIpc) is 2.93. The van der Waals surface area contributed by atoms with Crippen LogP contribution in [-0.4, -0.2) is 50.8 Å². The second-order valence-electron chi connectivity index (χ2n) is 9.89. The van der Waals surface area contributed by atoms with Crippen LogP contribution in [0.5, 0.6) is 0 Å². The van der Waals surface area contributed by atoms with Gasteiger partial charge in [-0.1, -0.05) is 100 Å². The molecule has 39 heavy (non-hydrogen) atoms. The maximum Gasteiger partial charge on any atom is 0.155 e. The van der Waals surface area contributed by atoms with E-state index in [0.29, 0.717) is 12.4 Å². The molecule has 192 valence electrons. The number of hydrogen-bond acceptors (Lipinski definition) is 3. The molecular weight excluding hydrogens is 543 g/mol. The van der Waals surface area contributed by atoms with Gasteiger partial charge in [0.25, 0.3) is 0 Å². The molecule has 4 aromatic rings. The lowest BCUT2D eigenvalue weighted by molar-refractivity contribution is 0.244. The van der Waals surface area contributed by atoms with Crippen molar-refractivity contribution in [1.82, 2.24) is 9.80 Å². The highest BCUT2D eigenvalue weighted by Crippen LogP contribution is 2.28. The second kappa shape index (κ2) is 12.0. The topological polar surface area (TPSA) is 31.2 Å². The number of aliphatic imine (C=N–C) groups is 2. The molecular formula is C33H30BBrN4. The molecule has 0 spiro atoms. The van der Waals surface area contributed by atoms with Crippen LogP contribution in [0, 0.1) is 0 Å². The van der Waals surface area contributed by atoms with Crippen molar-refractivity contribution in [2.45, 2.75) is 12.7 Å². The molecule has 0 N–H and O–H groups in total. The monoisotopic (exact) mass is 572 g/mol. The van der Waals surface area contributed by atoms with Gasteiger partial charge in [0, 0.05) is 30.2 Å². The Bertz CT molecular complexity index is 1570. The lowest BCUT2D eigenvalue weighted by Crippen LogP contribution is -2.24. The molecule has 4 aromatic carbocycles. The molecule has 0 saturated carbocycles. The number of rotatable bonds is 7. The fraction of sp³-hybridized carbons (Fsp3) is 0.152. The minimum absolute atomic E-state index is 0.284. The van der Waals surface area contributed by atoms with Gasteiger partial charge in [0.1, 0.15) is 14.0 Å². The third kappa shape index (κ3) is 6.47. The highest BCUT2D eigenvalue weighted by Gasteiger charge is 2.19.